The maximum absolute atomic E-state index is 12.9. The van der Waals surface area contributed by atoms with Crippen molar-refractivity contribution in [1.29, 1.82) is 0 Å². The minimum Gasteiger partial charge on any atom is -0.469 e. The van der Waals surface area contributed by atoms with Crippen LogP contribution in [-0.2, 0) is 33.8 Å². The highest BCUT2D eigenvalue weighted by Gasteiger charge is 2.28. The summed E-state index contributed by atoms with van der Waals surface area (Å²) in [5.41, 5.74) is 3.64. The van der Waals surface area contributed by atoms with Gasteiger partial charge in [0, 0.05) is 54.2 Å². The third kappa shape index (κ3) is 4.89. The van der Waals surface area contributed by atoms with Gasteiger partial charge in [-0.05, 0) is 50.2 Å². The third-order valence-electron chi connectivity index (χ3n) is 6.46. The summed E-state index contributed by atoms with van der Waals surface area (Å²) in [6.07, 6.45) is 2.92. The number of hydrogen-bond donors (Lipinski definition) is 2. The van der Waals surface area contributed by atoms with Crippen LogP contribution in [0, 0.1) is 5.92 Å². The number of methoxy groups -OCH3 is 1. The number of hydrogen-bond acceptors (Lipinski definition) is 5. The molecule has 0 bridgehead atoms. The first-order valence-corrected chi connectivity index (χ1v) is 11.4. The first-order chi connectivity index (χ1) is 15.0. The van der Waals surface area contributed by atoms with E-state index in [2.05, 4.69) is 27.1 Å². The summed E-state index contributed by atoms with van der Waals surface area (Å²) in [6.45, 7) is 4.00. The Morgan fingerprint density at radius 3 is 2.97 bits per heavy atom. The van der Waals surface area contributed by atoms with Crippen molar-refractivity contribution in [3.8, 4) is 0 Å². The van der Waals surface area contributed by atoms with Gasteiger partial charge in [0.15, 0.2) is 0 Å². The lowest BCUT2D eigenvalue weighted by Gasteiger charge is -2.28. The van der Waals surface area contributed by atoms with Crippen LogP contribution in [0.4, 0.5) is 0 Å². The van der Waals surface area contributed by atoms with E-state index in [1.807, 2.05) is 18.2 Å². The number of esters is 1. The summed E-state index contributed by atoms with van der Waals surface area (Å²) >= 11 is 6.31. The van der Waals surface area contributed by atoms with E-state index in [1.165, 1.54) is 18.4 Å². The molecule has 3 heterocycles. The zero-order chi connectivity index (χ0) is 22.0. The number of benzene rings is 1. The first-order valence-electron chi connectivity index (χ1n) is 11.0. The molecule has 2 unspecified atom stereocenters. The molecule has 2 atom stereocenters. The largest absolute Gasteiger partial charge is 0.469 e. The predicted molar refractivity (Wildman–Crippen MR) is 121 cm³/mol. The Morgan fingerprint density at radius 1 is 1.39 bits per heavy atom. The third-order valence-corrected chi connectivity index (χ3v) is 6.70. The summed E-state index contributed by atoms with van der Waals surface area (Å²) < 4.78 is 7.19. The maximum Gasteiger partial charge on any atom is 0.307 e. The van der Waals surface area contributed by atoms with Crippen LogP contribution < -0.4 is 10.6 Å². The van der Waals surface area contributed by atoms with E-state index in [4.69, 9.17) is 16.3 Å². The van der Waals surface area contributed by atoms with Crippen molar-refractivity contribution < 1.29 is 14.3 Å². The van der Waals surface area contributed by atoms with Crippen LogP contribution in [0.25, 0.3) is 10.9 Å². The first kappa shape index (κ1) is 22.1. The van der Waals surface area contributed by atoms with Gasteiger partial charge < -0.3 is 24.8 Å². The second-order valence-corrected chi connectivity index (χ2v) is 9.15. The molecule has 2 N–H and O–H groups in total. The van der Waals surface area contributed by atoms with Crippen molar-refractivity contribution in [3.63, 3.8) is 0 Å². The molecule has 168 valence electrons. The van der Waals surface area contributed by atoms with E-state index >= 15 is 0 Å². The molecular formula is C23H31ClN4O3. The molecule has 31 heavy (non-hydrogen) atoms. The summed E-state index contributed by atoms with van der Waals surface area (Å²) in [6, 6.07) is 5.62. The summed E-state index contributed by atoms with van der Waals surface area (Å²) in [5, 5.41) is 8.29. The smallest absolute Gasteiger partial charge is 0.307 e. The molecule has 2 aliphatic rings. The molecular weight excluding hydrogens is 416 g/mol. The number of fused-ring (bicyclic) bond motifs is 3. The van der Waals surface area contributed by atoms with Crippen molar-refractivity contribution in [1.82, 2.24) is 20.1 Å². The zero-order valence-electron chi connectivity index (χ0n) is 18.2. The molecule has 0 aliphatic carbocycles. The van der Waals surface area contributed by atoms with Crippen molar-refractivity contribution >= 4 is 34.4 Å². The molecule has 0 spiro atoms. The maximum atomic E-state index is 12.9. The standard InChI is InChI=1S/C23H31ClN4O3/c1-27-9-7-21-19(14-27)18-10-16(24)5-6-20(18)28(21)13-17(11-22(29)31-2)26-23(30)15-4-3-8-25-12-15/h5-6,10,15,17,25H,3-4,7-9,11-14H2,1-2H3,(H,26,30). The lowest BCUT2D eigenvalue weighted by atomic mass is 9.98. The van der Waals surface area contributed by atoms with Crippen molar-refractivity contribution in [2.75, 3.05) is 33.8 Å². The van der Waals surface area contributed by atoms with Crippen LogP contribution >= 0.6 is 11.6 Å². The molecule has 0 saturated carbocycles. The number of ether oxygens (including phenoxy) is 1. The molecule has 2 aromatic rings. The number of carbonyl (C=O) groups is 2. The van der Waals surface area contributed by atoms with E-state index in [0.717, 1.165) is 49.8 Å². The highest BCUT2D eigenvalue weighted by molar-refractivity contribution is 6.31. The van der Waals surface area contributed by atoms with E-state index in [9.17, 15) is 9.59 Å². The Labute approximate surface area is 188 Å². The Morgan fingerprint density at radius 2 is 2.23 bits per heavy atom. The van der Waals surface area contributed by atoms with Crippen LogP contribution in [0.3, 0.4) is 0 Å². The topological polar surface area (TPSA) is 75.6 Å². The number of likely N-dealkylation sites (N-methyl/N-ethyl adjacent to an activating group) is 1. The van der Waals surface area contributed by atoms with Gasteiger partial charge in [0.25, 0.3) is 0 Å². The average Bonchev–Trinajstić information content (AvgIpc) is 3.06. The van der Waals surface area contributed by atoms with Gasteiger partial charge in [0.1, 0.15) is 0 Å². The molecule has 1 aromatic heterocycles. The number of rotatable bonds is 6. The summed E-state index contributed by atoms with van der Waals surface area (Å²) in [7, 11) is 3.51. The fourth-order valence-electron chi connectivity index (χ4n) is 4.83. The highest BCUT2D eigenvalue weighted by Crippen LogP contribution is 2.32. The van der Waals surface area contributed by atoms with Gasteiger partial charge >= 0.3 is 5.97 Å². The van der Waals surface area contributed by atoms with Gasteiger partial charge in [0.05, 0.1) is 25.5 Å². The SMILES string of the molecule is COC(=O)CC(Cn1c2c(c3cc(Cl)ccc31)CN(C)CC2)NC(=O)C1CCCNC1. The monoisotopic (exact) mass is 446 g/mol. The number of piperidine rings is 1. The Kier molecular flexibility index (Phi) is 6.84. The van der Waals surface area contributed by atoms with E-state index < -0.39 is 0 Å². The van der Waals surface area contributed by atoms with Crippen LogP contribution in [0.15, 0.2) is 18.2 Å². The normalized spacial score (nSPS) is 20.3. The Hall–Kier alpha value is -2.09. The Balaban J connectivity index is 1.64. The van der Waals surface area contributed by atoms with Gasteiger partial charge in [-0.2, -0.15) is 0 Å². The minimum atomic E-state index is -0.336. The molecule has 0 radical (unpaired) electrons. The number of nitrogens with zero attached hydrogens (tertiary/aromatic N) is 2. The molecule has 4 rings (SSSR count). The summed E-state index contributed by atoms with van der Waals surface area (Å²) in [5.74, 6) is -0.369. The zero-order valence-corrected chi connectivity index (χ0v) is 19.0. The average molecular weight is 447 g/mol. The van der Waals surface area contributed by atoms with E-state index in [1.54, 1.807) is 0 Å². The van der Waals surface area contributed by atoms with Gasteiger partial charge in [-0.15, -0.1) is 0 Å². The van der Waals surface area contributed by atoms with Crippen molar-refractivity contribution in [3.05, 3.63) is 34.5 Å². The lowest BCUT2D eigenvalue weighted by molar-refractivity contribution is -0.141. The number of carbonyl (C=O) groups excluding carboxylic acids is 2. The Bertz CT molecular complexity index is 967. The minimum absolute atomic E-state index is 0.00853. The second-order valence-electron chi connectivity index (χ2n) is 8.71. The van der Waals surface area contributed by atoms with E-state index in [0.29, 0.717) is 18.1 Å². The van der Waals surface area contributed by atoms with Crippen LogP contribution in [0.5, 0.6) is 0 Å². The number of aromatic nitrogens is 1. The number of amides is 1. The van der Waals surface area contributed by atoms with Gasteiger partial charge in [-0.3, -0.25) is 9.59 Å². The van der Waals surface area contributed by atoms with Crippen molar-refractivity contribution in [2.24, 2.45) is 5.92 Å². The van der Waals surface area contributed by atoms with Gasteiger partial charge in [-0.25, -0.2) is 0 Å². The molecule has 7 nitrogen and oxygen atoms in total. The molecule has 1 amide bonds. The molecule has 8 heteroatoms. The van der Waals surface area contributed by atoms with E-state index in [-0.39, 0.29) is 30.3 Å². The fourth-order valence-corrected chi connectivity index (χ4v) is 5.00. The van der Waals surface area contributed by atoms with Gasteiger partial charge in [0.2, 0.25) is 5.91 Å². The number of nitrogens with one attached hydrogen (secondary N) is 2. The molecule has 1 fully saturated rings. The highest BCUT2D eigenvalue weighted by atomic mass is 35.5. The van der Waals surface area contributed by atoms with Gasteiger partial charge in [-0.1, -0.05) is 11.6 Å². The van der Waals surface area contributed by atoms with Crippen LogP contribution in [0.2, 0.25) is 5.02 Å². The van der Waals surface area contributed by atoms with Crippen LogP contribution in [-0.4, -0.2) is 61.2 Å². The lowest BCUT2D eigenvalue weighted by Crippen LogP contribution is -2.46. The quantitative estimate of drug-likeness (QED) is 0.666. The summed E-state index contributed by atoms with van der Waals surface area (Å²) in [4.78, 5) is 27.3. The van der Waals surface area contributed by atoms with Crippen LogP contribution in [0.1, 0.15) is 30.5 Å². The fraction of sp³-hybridized carbons (Fsp3) is 0.565. The molecule has 1 saturated heterocycles. The van der Waals surface area contributed by atoms with Crippen molar-refractivity contribution in [2.45, 2.75) is 44.8 Å². The molecule has 2 aliphatic heterocycles. The predicted octanol–water partition coefficient (Wildman–Crippen LogP) is 2.33. The second kappa shape index (κ2) is 9.59. The number of halogens is 1. The molecule has 1 aromatic carbocycles.